The van der Waals surface area contributed by atoms with Crippen LogP contribution in [0, 0.1) is 6.92 Å². The molecule has 4 nitrogen and oxygen atoms in total. The Balaban J connectivity index is 1.96. The number of hydrogen-bond donors (Lipinski definition) is 1. The summed E-state index contributed by atoms with van der Waals surface area (Å²) in [5, 5.41) is 3.28. The van der Waals surface area contributed by atoms with Crippen LogP contribution >= 0.6 is 0 Å². The number of nitrogens with zero attached hydrogens (tertiary/aromatic N) is 1. The second-order valence-electron chi connectivity index (χ2n) is 5.72. The summed E-state index contributed by atoms with van der Waals surface area (Å²) in [6, 6.07) is 8.41. The minimum atomic E-state index is -0.377. The van der Waals surface area contributed by atoms with Crippen molar-refractivity contribution in [3.8, 4) is 5.75 Å². The zero-order valence-corrected chi connectivity index (χ0v) is 13.3. The van der Waals surface area contributed by atoms with E-state index in [0.717, 1.165) is 37.2 Å². The quantitative estimate of drug-likeness (QED) is 0.905. The number of likely N-dealkylation sites (tertiary alicyclic amines) is 1. The highest BCUT2D eigenvalue weighted by Crippen LogP contribution is 2.18. The Kier molecular flexibility index (Phi) is 5.62. The predicted molar refractivity (Wildman–Crippen MR) is 84.5 cm³/mol. The second-order valence-corrected chi connectivity index (χ2v) is 5.72. The highest BCUT2D eigenvalue weighted by molar-refractivity contribution is 5.81. The summed E-state index contributed by atoms with van der Waals surface area (Å²) in [6.45, 7) is 5.66. The molecule has 1 aliphatic rings. The number of amides is 1. The van der Waals surface area contributed by atoms with E-state index < -0.39 is 0 Å². The molecule has 0 spiro atoms. The van der Waals surface area contributed by atoms with Gasteiger partial charge >= 0.3 is 0 Å². The van der Waals surface area contributed by atoms with Crippen LogP contribution in [0.3, 0.4) is 0 Å². The maximum atomic E-state index is 12.6. The number of ether oxygens (including phenoxy) is 1. The molecule has 1 fully saturated rings. The fourth-order valence-corrected chi connectivity index (χ4v) is 2.75. The van der Waals surface area contributed by atoms with Gasteiger partial charge in [-0.2, -0.15) is 0 Å². The molecule has 2 rings (SSSR count). The van der Waals surface area contributed by atoms with E-state index in [-0.39, 0.29) is 12.0 Å². The van der Waals surface area contributed by atoms with Crippen LogP contribution in [0.25, 0.3) is 0 Å². The van der Waals surface area contributed by atoms with Crippen LogP contribution in [0.15, 0.2) is 24.3 Å². The topological polar surface area (TPSA) is 41.6 Å². The average Bonchev–Trinajstić information content (AvgIpc) is 2.52. The highest BCUT2D eigenvalue weighted by atomic mass is 16.5. The number of aryl methyl sites for hydroxylation is 1. The third-order valence-electron chi connectivity index (χ3n) is 4.13. The molecule has 1 aliphatic heterocycles. The smallest absolute Gasteiger partial charge is 0.263 e. The standard InChI is InChI=1S/C17H26N2O2/c1-4-16(21-15-7-5-6-13(2)12-15)17(20)19-10-8-14(18-3)9-11-19/h5-7,12,14,16,18H,4,8-11H2,1-3H3. The van der Waals surface area contributed by atoms with E-state index in [1.165, 1.54) is 0 Å². The van der Waals surface area contributed by atoms with Crippen LogP contribution in [0.4, 0.5) is 0 Å². The minimum absolute atomic E-state index is 0.119. The number of benzene rings is 1. The van der Waals surface area contributed by atoms with Gasteiger partial charge in [0.2, 0.25) is 0 Å². The largest absolute Gasteiger partial charge is 0.481 e. The molecule has 1 saturated heterocycles. The molecule has 1 amide bonds. The number of hydrogen-bond acceptors (Lipinski definition) is 3. The molecular formula is C17H26N2O2. The third-order valence-corrected chi connectivity index (χ3v) is 4.13. The zero-order chi connectivity index (χ0) is 15.2. The van der Waals surface area contributed by atoms with Crippen LogP contribution in [0.2, 0.25) is 0 Å². The normalized spacial score (nSPS) is 17.6. The molecule has 116 valence electrons. The monoisotopic (exact) mass is 290 g/mol. The van der Waals surface area contributed by atoms with Crippen LogP contribution in [0.1, 0.15) is 31.7 Å². The molecule has 1 unspecified atom stereocenters. The summed E-state index contributed by atoms with van der Waals surface area (Å²) in [7, 11) is 1.98. The van der Waals surface area contributed by atoms with Crippen molar-refractivity contribution in [2.45, 2.75) is 45.3 Å². The molecular weight excluding hydrogens is 264 g/mol. The fourth-order valence-electron chi connectivity index (χ4n) is 2.75. The lowest BCUT2D eigenvalue weighted by atomic mass is 10.0. The molecule has 0 bridgehead atoms. The Bertz CT molecular complexity index is 468. The van der Waals surface area contributed by atoms with E-state index >= 15 is 0 Å². The first-order valence-corrected chi connectivity index (χ1v) is 7.83. The number of piperidine rings is 1. The van der Waals surface area contributed by atoms with E-state index in [1.807, 2.05) is 50.1 Å². The van der Waals surface area contributed by atoms with Gasteiger partial charge in [-0.3, -0.25) is 4.79 Å². The highest BCUT2D eigenvalue weighted by Gasteiger charge is 2.28. The van der Waals surface area contributed by atoms with Gasteiger partial charge in [-0.1, -0.05) is 19.1 Å². The molecule has 1 atom stereocenters. The maximum Gasteiger partial charge on any atom is 0.263 e. The molecule has 0 aliphatic carbocycles. The van der Waals surface area contributed by atoms with E-state index in [1.54, 1.807) is 0 Å². The average molecular weight is 290 g/mol. The van der Waals surface area contributed by atoms with Gasteiger partial charge in [-0.05, 0) is 50.9 Å². The molecule has 1 aromatic carbocycles. The second kappa shape index (κ2) is 7.46. The van der Waals surface area contributed by atoms with Gasteiger partial charge in [0.1, 0.15) is 5.75 Å². The molecule has 1 aromatic rings. The molecule has 21 heavy (non-hydrogen) atoms. The summed E-state index contributed by atoms with van der Waals surface area (Å²) in [6.07, 6.45) is 2.35. The fraction of sp³-hybridized carbons (Fsp3) is 0.588. The van der Waals surface area contributed by atoms with E-state index in [4.69, 9.17) is 4.74 Å². The predicted octanol–water partition coefficient (Wildman–Crippen LogP) is 2.36. The van der Waals surface area contributed by atoms with E-state index in [0.29, 0.717) is 12.5 Å². The number of nitrogens with one attached hydrogen (secondary N) is 1. The lowest BCUT2D eigenvalue weighted by molar-refractivity contribution is -0.140. The zero-order valence-electron chi connectivity index (χ0n) is 13.3. The summed E-state index contributed by atoms with van der Waals surface area (Å²) in [4.78, 5) is 14.5. The molecule has 1 heterocycles. The lowest BCUT2D eigenvalue weighted by Crippen LogP contribution is -2.48. The van der Waals surface area contributed by atoms with Crippen molar-refractivity contribution in [1.82, 2.24) is 10.2 Å². The first-order valence-electron chi connectivity index (χ1n) is 7.83. The molecule has 0 aromatic heterocycles. The van der Waals surface area contributed by atoms with Crippen molar-refractivity contribution >= 4 is 5.91 Å². The van der Waals surface area contributed by atoms with Gasteiger partial charge < -0.3 is 15.0 Å². The molecule has 1 N–H and O–H groups in total. The molecule has 0 radical (unpaired) electrons. The number of carbonyl (C=O) groups excluding carboxylic acids is 1. The van der Waals surface area contributed by atoms with Crippen LogP contribution < -0.4 is 10.1 Å². The first kappa shape index (κ1) is 15.8. The Morgan fingerprint density at radius 3 is 2.71 bits per heavy atom. The van der Waals surface area contributed by atoms with Gasteiger partial charge in [-0.15, -0.1) is 0 Å². The van der Waals surface area contributed by atoms with E-state index in [2.05, 4.69) is 5.32 Å². The van der Waals surface area contributed by atoms with Crippen molar-refractivity contribution in [3.63, 3.8) is 0 Å². The van der Waals surface area contributed by atoms with Gasteiger partial charge in [0.15, 0.2) is 6.10 Å². The van der Waals surface area contributed by atoms with Gasteiger partial charge in [-0.25, -0.2) is 0 Å². The van der Waals surface area contributed by atoms with Crippen molar-refractivity contribution in [1.29, 1.82) is 0 Å². The van der Waals surface area contributed by atoms with Crippen molar-refractivity contribution in [3.05, 3.63) is 29.8 Å². The minimum Gasteiger partial charge on any atom is -0.481 e. The first-order chi connectivity index (χ1) is 10.1. The number of rotatable bonds is 5. The third kappa shape index (κ3) is 4.21. The SMILES string of the molecule is CCC(Oc1cccc(C)c1)C(=O)N1CCC(NC)CC1. The van der Waals surface area contributed by atoms with Crippen molar-refractivity contribution < 1.29 is 9.53 Å². The maximum absolute atomic E-state index is 12.6. The van der Waals surface area contributed by atoms with Gasteiger partial charge in [0.25, 0.3) is 5.91 Å². The number of carbonyl (C=O) groups is 1. The van der Waals surface area contributed by atoms with Crippen molar-refractivity contribution in [2.75, 3.05) is 20.1 Å². The summed E-state index contributed by atoms with van der Waals surface area (Å²) in [5.41, 5.74) is 1.14. The Morgan fingerprint density at radius 1 is 1.43 bits per heavy atom. The van der Waals surface area contributed by atoms with E-state index in [9.17, 15) is 4.79 Å². The van der Waals surface area contributed by atoms with Crippen LogP contribution in [-0.4, -0.2) is 43.1 Å². The molecule has 4 heteroatoms. The van der Waals surface area contributed by atoms with Gasteiger partial charge in [0, 0.05) is 19.1 Å². The Labute approximate surface area is 127 Å². The summed E-state index contributed by atoms with van der Waals surface area (Å²) < 4.78 is 5.91. The van der Waals surface area contributed by atoms with Crippen LogP contribution in [0.5, 0.6) is 5.75 Å². The summed E-state index contributed by atoms with van der Waals surface area (Å²) in [5.74, 6) is 0.897. The molecule has 0 saturated carbocycles. The van der Waals surface area contributed by atoms with Crippen LogP contribution in [-0.2, 0) is 4.79 Å². The Morgan fingerprint density at radius 2 is 2.14 bits per heavy atom. The lowest BCUT2D eigenvalue weighted by Gasteiger charge is -2.34. The van der Waals surface area contributed by atoms with Crippen molar-refractivity contribution in [2.24, 2.45) is 0 Å². The summed E-state index contributed by atoms with van der Waals surface area (Å²) >= 11 is 0. The van der Waals surface area contributed by atoms with Gasteiger partial charge in [0.05, 0.1) is 0 Å². The Hall–Kier alpha value is -1.55.